The zero-order chi connectivity index (χ0) is 11.6. The van der Waals surface area contributed by atoms with Gasteiger partial charge in [0.1, 0.15) is 10.3 Å². The van der Waals surface area contributed by atoms with Crippen molar-refractivity contribution in [3.8, 4) is 0 Å². The fraction of sp³-hybridized carbons (Fsp3) is 0.636. The van der Waals surface area contributed by atoms with Crippen molar-refractivity contribution in [2.24, 2.45) is 0 Å². The number of rotatable bonds is 2. The minimum atomic E-state index is -0.115. The van der Waals surface area contributed by atoms with Crippen LogP contribution >= 0.6 is 15.9 Å². The van der Waals surface area contributed by atoms with Crippen LogP contribution in [0.3, 0.4) is 0 Å². The van der Waals surface area contributed by atoms with Gasteiger partial charge in [-0.3, -0.25) is 4.79 Å². The molecule has 0 saturated carbocycles. The Hall–Kier alpha value is -0.640. The Balaban J connectivity index is 3.32. The number of nitrogens with one attached hydrogen (secondary N) is 1. The van der Waals surface area contributed by atoms with Gasteiger partial charge < -0.3 is 4.98 Å². The van der Waals surface area contributed by atoms with Gasteiger partial charge in [0.25, 0.3) is 5.56 Å². The van der Waals surface area contributed by atoms with Gasteiger partial charge in [-0.2, -0.15) is 0 Å². The second kappa shape index (κ2) is 4.47. The molecule has 0 aliphatic carbocycles. The van der Waals surface area contributed by atoms with E-state index in [0.717, 1.165) is 24.4 Å². The summed E-state index contributed by atoms with van der Waals surface area (Å²) >= 11 is 3.29. The average molecular weight is 273 g/mol. The average Bonchev–Trinajstić information content (AvgIpc) is 2.09. The molecule has 1 N–H and O–H groups in total. The van der Waals surface area contributed by atoms with E-state index in [1.807, 2.05) is 0 Å². The Bertz CT molecular complexity index is 404. The summed E-state index contributed by atoms with van der Waals surface area (Å²) in [5.41, 5.74) is 0.628. The summed E-state index contributed by atoms with van der Waals surface area (Å²) in [6, 6.07) is 0. The minimum absolute atomic E-state index is 0.0848. The van der Waals surface area contributed by atoms with Crippen molar-refractivity contribution >= 4 is 15.9 Å². The van der Waals surface area contributed by atoms with Crippen LogP contribution in [0.15, 0.2) is 9.27 Å². The first kappa shape index (κ1) is 12.4. The zero-order valence-electron chi connectivity index (χ0n) is 9.65. The van der Waals surface area contributed by atoms with Crippen LogP contribution in [0.5, 0.6) is 0 Å². The third kappa shape index (κ3) is 2.91. The summed E-state index contributed by atoms with van der Waals surface area (Å²) in [6.45, 7) is 8.22. The van der Waals surface area contributed by atoms with Gasteiger partial charge in [-0.05, 0) is 22.4 Å². The van der Waals surface area contributed by atoms with Gasteiger partial charge in [-0.1, -0.05) is 27.7 Å². The molecule has 0 unspecified atom stereocenters. The second-order valence-electron chi connectivity index (χ2n) is 4.68. The van der Waals surface area contributed by atoms with Gasteiger partial charge in [-0.25, -0.2) is 4.98 Å². The number of halogens is 1. The molecular formula is C11H17BrN2O. The maximum absolute atomic E-state index is 11.6. The SMILES string of the molecule is CCCc1nc(C(C)(C)C)c(Br)c(=O)[nH]1. The second-order valence-corrected chi connectivity index (χ2v) is 5.47. The fourth-order valence-corrected chi connectivity index (χ4v) is 2.14. The van der Waals surface area contributed by atoms with Crippen LogP contribution in [0.4, 0.5) is 0 Å². The number of nitrogens with zero attached hydrogens (tertiary/aromatic N) is 1. The number of aromatic nitrogens is 2. The molecule has 3 nitrogen and oxygen atoms in total. The lowest BCUT2D eigenvalue weighted by molar-refractivity contribution is 0.555. The Kier molecular flexibility index (Phi) is 3.71. The van der Waals surface area contributed by atoms with Crippen LogP contribution in [-0.4, -0.2) is 9.97 Å². The van der Waals surface area contributed by atoms with E-state index in [-0.39, 0.29) is 11.0 Å². The number of hydrogen-bond donors (Lipinski definition) is 1. The largest absolute Gasteiger partial charge is 0.310 e. The van der Waals surface area contributed by atoms with Gasteiger partial charge in [0.05, 0.1) is 5.69 Å². The van der Waals surface area contributed by atoms with E-state index in [0.29, 0.717) is 4.47 Å². The van der Waals surface area contributed by atoms with Gasteiger partial charge in [0.15, 0.2) is 0 Å². The number of hydrogen-bond acceptors (Lipinski definition) is 2. The Morgan fingerprint density at radius 2 is 2.00 bits per heavy atom. The molecule has 0 aliphatic rings. The maximum Gasteiger partial charge on any atom is 0.265 e. The van der Waals surface area contributed by atoms with Crippen LogP contribution < -0.4 is 5.56 Å². The lowest BCUT2D eigenvalue weighted by Gasteiger charge is -2.19. The first-order chi connectivity index (χ1) is 6.86. The lowest BCUT2D eigenvalue weighted by atomic mass is 9.92. The van der Waals surface area contributed by atoms with E-state index in [9.17, 15) is 4.79 Å². The monoisotopic (exact) mass is 272 g/mol. The van der Waals surface area contributed by atoms with E-state index in [1.54, 1.807) is 0 Å². The molecule has 0 saturated heterocycles. The van der Waals surface area contributed by atoms with E-state index >= 15 is 0 Å². The molecule has 1 aromatic rings. The van der Waals surface area contributed by atoms with Crippen LogP contribution in [-0.2, 0) is 11.8 Å². The van der Waals surface area contributed by atoms with Gasteiger partial charge in [-0.15, -0.1) is 0 Å². The van der Waals surface area contributed by atoms with Crippen LogP contribution in [0.2, 0.25) is 0 Å². The van der Waals surface area contributed by atoms with E-state index in [1.165, 1.54) is 0 Å². The molecule has 1 heterocycles. The summed E-state index contributed by atoms with van der Waals surface area (Å²) in [7, 11) is 0. The molecule has 1 aromatic heterocycles. The molecule has 84 valence electrons. The lowest BCUT2D eigenvalue weighted by Crippen LogP contribution is -2.23. The first-order valence-corrected chi connectivity index (χ1v) is 5.94. The highest BCUT2D eigenvalue weighted by molar-refractivity contribution is 9.10. The number of H-pyrrole nitrogens is 1. The Morgan fingerprint density at radius 1 is 1.40 bits per heavy atom. The third-order valence-electron chi connectivity index (χ3n) is 2.11. The number of aryl methyl sites for hydroxylation is 1. The summed E-state index contributed by atoms with van der Waals surface area (Å²) < 4.78 is 0.551. The van der Waals surface area contributed by atoms with Gasteiger partial charge >= 0.3 is 0 Å². The molecule has 15 heavy (non-hydrogen) atoms. The Labute approximate surface area is 98.5 Å². The normalized spacial score (nSPS) is 11.8. The van der Waals surface area contributed by atoms with Crippen molar-refractivity contribution in [2.45, 2.75) is 46.0 Å². The first-order valence-electron chi connectivity index (χ1n) is 5.15. The van der Waals surface area contributed by atoms with E-state index < -0.39 is 0 Å². The van der Waals surface area contributed by atoms with Crippen LogP contribution in [0.25, 0.3) is 0 Å². The molecule has 1 rings (SSSR count). The molecule has 4 heteroatoms. The highest BCUT2D eigenvalue weighted by atomic mass is 79.9. The molecule has 0 amide bonds. The van der Waals surface area contributed by atoms with Crippen molar-refractivity contribution in [3.63, 3.8) is 0 Å². The van der Waals surface area contributed by atoms with E-state index in [2.05, 4.69) is 53.6 Å². The number of aromatic amines is 1. The predicted octanol–water partition coefficient (Wildman–Crippen LogP) is 2.78. The Morgan fingerprint density at radius 3 is 2.47 bits per heavy atom. The van der Waals surface area contributed by atoms with Crippen molar-refractivity contribution in [1.82, 2.24) is 9.97 Å². The molecule has 0 aromatic carbocycles. The molecule has 0 aliphatic heterocycles. The molecule has 0 bridgehead atoms. The van der Waals surface area contributed by atoms with Crippen molar-refractivity contribution in [3.05, 3.63) is 26.3 Å². The predicted molar refractivity (Wildman–Crippen MR) is 65.3 cm³/mol. The topological polar surface area (TPSA) is 45.8 Å². The van der Waals surface area contributed by atoms with Gasteiger partial charge in [0, 0.05) is 11.8 Å². The fourth-order valence-electron chi connectivity index (χ4n) is 1.36. The summed E-state index contributed by atoms with van der Waals surface area (Å²) in [5.74, 6) is 0.774. The van der Waals surface area contributed by atoms with Crippen molar-refractivity contribution in [2.75, 3.05) is 0 Å². The summed E-state index contributed by atoms with van der Waals surface area (Å²) in [6.07, 6.45) is 1.79. The highest BCUT2D eigenvalue weighted by Crippen LogP contribution is 2.25. The molecule has 0 fully saturated rings. The standard InChI is InChI=1S/C11H17BrN2O/c1-5-6-7-13-9(11(2,3)4)8(12)10(15)14-7/h5-6H2,1-4H3,(H,13,14,15). The van der Waals surface area contributed by atoms with Crippen LogP contribution in [0, 0.1) is 0 Å². The highest BCUT2D eigenvalue weighted by Gasteiger charge is 2.21. The van der Waals surface area contributed by atoms with Crippen LogP contribution in [0.1, 0.15) is 45.6 Å². The van der Waals surface area contributed by atoms with E-state index in [4.69, 9.17) is 0 Å². The third-order valence-corrected chi connectivity index (χ3v) is 2.84. The molecule has 0 radical (unpaired) electrons. The smallest absolute Gasteiger partial charge is 0.265 e. The molecule has 0 spiro atoms. The summed E-state index contributed by atoms with van der Waals surface area (Å²) in [4.78, 5) is 18.9. The zero-order valence-corrected chi connectivity index (χ0v) is 11.2. The molecule has 0 atom stereocenters. The van der Waals surface area contributed by atoms with Crippen molar-refractivity contribution < 1.29 is 0 Å². The van der Waals surface area contributed by atoms with Gasteiger partial charge in [0.2, 0.25) is 0 Å². The summed E-state index contributed by atoms with van der Waals surface area (Å²) in [5, 5.41) is 0. The van der Waals surface area contributed by atoms with Crippen molar-refractivity contribution in [1.29, 1.82) is 0 Å². The quantitative estimate of drug-likeness (QED) is 0.900. The molecular weight excluding hydrogens is 256 g/mol. The maximum atomic E-state index is 11.6. The minimum Gasteiger partial charge on any atom is -0.310 e.